The van der Waals surface area contributed by atoms with Gasteiger partial charge >= 0.3 is 0 Å². The Morgan fingerprint density at radius 1 is 1.40 bits per heavy atom. The van der Waals surface area contributed by atoms with Crippen LogP contribution < -0.4 is 5.73 Å². The van der Waals surface area contributed by atoms with Gasteiger partial charge in [0.25, 0.3) is 0 Å². The molecule has 5 nitrogen and oxygen atoms in total. The number of hydrogen-bond acceptors (Lipinski definition) is 4. The Labute approximate surface area is 118 Å². The number of nitrogens with two attached hydrogens (primary N) is 1. The Morgan fingerprint density at radius 2 is 2.15 bits per heavy atom. The predicted octanol–water partition coefficient (Wildman–Crippen LogP) is 1.64. The summed E-state index contributed by atoms with van der Waals surface area (Å²) in [6.45, 7) is 0.656. The van der Waals surface area contributed by atoms with E-state index >= 15 is 0 Å². The molecule has 0 bridgehead atoms. The number of fused-ring (bicyclic) bond motifs is 1. The third kappa shape index (κ3) is 2.23. The highest BCUT2D eigenvalue weighted by Crippen LogP contribution is 2.42. The first-order chi connectivity index (χ1) is 9.43. The third-order valence-corrected chi connectivity index (χ3v) is 5.44. The molecular formula is C14H19N3O2S. The zero-order valence-electron chi connectivity index (χ0n) is 11.5. The fourth-order valence-corrected chi connectivity index (χ4v) is 3.76. The molecule has 1 aromatic heterocycles. The number of nitrogens with zero attached hydrogens (tertiary/aromatic N) is 1. The number of para-hydroxylation sites is 1. The van der Waals surface area contributed by atoms with Crippen LogP contribution in [-0.2, 0) is 16.3 Å². The van der Waals surface area contributed by atoms with Gasteiger partial charge in [0.15, 0.2) is 9.84 Å². The lowest BCUT2D eigenvalue weighted by molar-refractivity contribution is 0.142. The van der Waals surface area contributed by atoms with Crippen molar-refractivity contribution in [3.05, 3.63) is 24.0 Å². The number of hydrogen-bond donors (Lipinski definition) is 2. The minimum Gasteiger partial charge on any atom is -0.342 e. The van der Waals surface area contributed by atoms with Crippen LogP contribution in [0.4, 0.5) is 0 Å². The Balaban J connectivity index is 2.03. The second-order valence-electron chi connectivity index (χ2n) is 5.84. The molecule has 3 rings (SSSR count). The van der Waals surface area contributed by atoms with Crippen molar-refractivity contribution in [1.29, 1.82) is 0 Å². The minimum atomic E-state index is -3.26. The van der Waals surface area contributed by atoms with Crippen LogP contribution in [0.1, 0.15) is 25.1 Å². The van der Waals surface area contributed by atoms with Crippen molar-refractivity contribution in [2.24, 2.45) is 11.1 Å². The number of imidazole rings is 1. The molecule has 1 aliphatic rings. The van der Waals surface area contributed by atoms with Crippen LogP contribution in [0.25, 0.3) is 11.0 Å². The van der Waals surface area contributed by atoms with Crippen molar-refractivity contribution in [2.75, 3.05) is 12.8 Å². The van der Waals surface area contributed by atoms with Gasteiger partial charge in [0.1, 0.15) is 11.3 Å². The molecule has 0 unspecified atom stereocenters. The standard InChI is InChI=1S/C14H19N3O2S/c1-20(18,19)11-5-2-4-10-13(11)17-12(16-10)8-14(9-15)6-3-7-14/h2,4-5H,3,6-9,15H2,1H3,(H,16,17). The summed E-state index contributed by atoms with van der Waals surface area (Å²) < 4.78 is 23.6. The average Bonchev–Trinajstić information content (AvgIpc) is 2.74. The molecule has 0 radical (unpaired) electrons. The summed E-state index contributed by atoms with van der Waals surface area (Å²) in [6, 6.07) is 5.20. The summed E-state index contributed by atoms with van der Waals surface area (Å²) in [5.41, 5.74) is 7.34. The normalized spacial score (nSPS) is 18.1. The van der Waals surface area contributed by atoms with E-state index in [9.17, 15) is 8.42 Å². The average molecular weight is 293 g/mol. The van der Waals surface area contributed by atoms with Crippen molar-refractivity contribution >= 4 is 20.9 Å². The van der Waals surface area contributed by atoms with E-state index in [0.29, 0.717) is 12.1 Å². The third-order valence-electron chi connectivity index (χ3n) is 4.31. The van der Waals surface area contributed by atoms with E-state index in [0.717, 1.165) is 30.6 Å². The lowest BCUT2D eigenvalue weighted by Gasteiger charge is -2.40. The van der Waals surface area contributed by atoms with E-state index in [1.54, 1.807) is 12.1 Å². The Morgan fingerprint density at radius 3 is 2.70 bits per heavy atom. The first kappa shape index (κ1) is 13.6. The molecule has 1 aliphatic carbocycles. The van der Waals surface area contributed by atoms with Gasteiger partial charge in [0, 0.05) is 12.7 Å². The smallest absolute Gasteiger partial charge is 0.177 e. The molecule has 0 aliphatic heterocycles. The number of benzene rings is 1. The van der Waals surface area contributed by atoms with Gasteiger partial charge in [-0.3, -0.25) is 0 Å². The lowest BCUT2D eigenvalue weighted by atomic mass is 9.66. The number of rotatable bonds is 4. The zero-order valence-corrected chi connectivity index (χ0v) is 12.3. The SMILES string of the molecule is CS(=O)(=O)c1cccc2[nH]c(CC3(CN)CCC3)nc12. The van der Waals surface area contributed by atoms with Gasteiger partial charge in [-0.25, -0.2) is 13.4 Å². The van der Waals surface area contributed by atoms with Crippen molar-refractivity contribution in [3.63, 3.8) is 0 Å². The summed E-state index contributed by atoms with van der Waals surface area (Å²) >= 11 is 0. The van der Waals surface area contributed by atoms with Crippen LogP contribution in [0.15, 0.2) is 23.1 Å². The maximum Gasteiger partial charge on any atom is 0.177 e. The summed E-state index contributed by atoms with van der Waals surface area (Å²) in [7, 11) is -3.26. The highest BCUT2D eigenvalue weighted by atomic mass is 32.2. The molecule has 0 spiro atoms. The van der Waals surface area contributed by atoms with Gasteiger partial charge in [-0.1, -0.05) is 12.5 Å². The maximum atomic E-state index is 11.8. The quantitative estimate of drug-likeness (QED) is 0.897. The fraction of sp³-hybridized carbons (Fsp3) is 0.500. The van der Waals surface area contributed by atoms with E-state index in [1.807, 2.05) is 6.07 Å². The first-order valence-electron chi connectivity index (χ1n) is 6.81. The molecule has 3 N–H and O–H groups in total. The highest BCUT2D eigenvalue weighted by Gasteiger charge is 2.36. The molecule has 6 heteroatoms. The van der Waals surface area contributed by atoms with Gasteiger partial charge in [0.2, 0.25) is 0 Å². The van der Waals surface area contributed by atoms with Gasteiger partial charge in [-0.15, -0.1) is 0 Å². The zero-order chi connectivity index (χ0) is 14.4. The first-order valence-corrected chi connectivity index (χ1v) is 8.70. The molecule has 2 aromatic rings. The van der Waals surface area contributed by atoms with E-state index in [4.69, 9.17) is 5.73 Å². The van der Waals surface area contributed by atoms with Gasteiger partial charge in [0.05, 0.1) is 10.4 Å². The lowest BCUT2D eigenvalue weighted by Crippen LogP contribution is -2.39. The van der Waals surface area contributed by atoms with Crippen molar-refractivity contribution in [2.45, 2.75) is 30.6 Å². The molecule has 20 heavy (non-hydrogen) atoms. The monoisotopic (exact) mass is 293 g/mol. The molecule has 0 atom stereocenters. The molecule has 1 fully saturated rings. The van der Waals surface area contributed by atoms with Crippen LogP contribution >= 0.6 is 0 Å². The van der Waals surface area contributed by atoms with Crippen molar-refractivity contribution in [1.82, 2.24) is 9.97 Å². The molecule has 1 aromatic carbocycles. The van der Waals surface area contributed by atoms with Crippen LogP contribution in [0.3, 0.4) is 0 Å². The summed E-state index contributed by atoms with van der Waals surface area (Å²) in [5, 5.41) is 0. The van der Waals surface area contributed by atoms with Crippen LogP contribution in [0.5, 0.6) is 0 Å². The number of H-pyrrole nitrogens is 1. The molecule has 1 heterocycles. The van der Waals surface area contributed by atoms with Gasteiger partial charge < -0.3 is 10.7 Å². The maximum absolute atomic E-state index is 11.8. The molecule has 1 saturated carbocycles. The van der Waals surface area contributed by atoms with Crippen molar-refractivity contribution < 1.29 is 8.42 Å². The second kappa shape index (κ2) is 4.56. The molecular weight excluding hydrogens is 274 g/mol. The topological polar surface area (TPSA) is 88.8 Å². The van der Waals surface area contributed by atoms with Crippen LogP contribution in [0, 0.1) is 5.41 Å². The molecule has 0 saturated heterocycles. The number of aromatic amines is 1. The fourth-order valence-electron chi connectivity index (χ4n) is 2.92. The Kier molecular flexibility index (Phi) is 3.10. The Hall–Kier alpha value is -1.40. The summed E-state index contributed by atoms with van der Waals surface area (Å²) in [4.78, 5) is 8.02. The second-order valence-corrected chi connectivity index (χ2v) is 7.83. The van der Waals surface area contributed by atoms with E-state index < -0.39 is 9.84 Å². The molecule has 108 valence electrons. The van der Waals surface area contributed by atoms with Crippen LogP contribution in [0.2, 0.25) is 0 Å². The largest absolute Gasteiger partial charge is 0.342 e. The van der Waals surface area contributed by atoms with Gasteiger partial charge in [-0.2, -0.15) is 0 Å². The number of sulfone groups is 1. The highest BCUT2D eigenvalue weighted by molar-refractivity contribution is 7.91. The minimum absolute atomic E-state index is 0.152. The van der Waals surface area contributed by atoms with Crippen molar-refractivity contribution in [3.8, 4) is 0 Å². The van der Waals surface area contributed by atoms with E-state index in [2.05, 4.69) is 9.97 Å². The van der Waals surface area contributed by atoms with E-state index in [1.165, 1.54) is 12.7 Å². The molecule has 0 amide bonds. The van der Waals surface area contributed by atoms with Crippen LogP contribution in [-0.4, -0.2) is 31.2 Å². The summed E-state index contributed by atoms with van der Waals surface area (Å²) in [5.74, 6) is 0.834. The van der Waals surface area contributed by atoms with E-state index in [-0.39, 0.29) is 10.3 Å². The van der Waals surface area contributed by atoms with Gasteiger partial charge in [-0.05, 0) is 36.9 Å². The Bertz CT molecular complexity index is 739. The number of aromatic nitrogens is 2. The number of nitrogens with one attached hydrogen (secondary N) is 1. The predicted molar refractivity (Wildman–Crippen MR) is 78.2 cm³/mol. The summed E-state index contributed by atoms with van der Waals surface area (Å²) in [6.07, 6.45) is 5.47.